The summed E-state index contributed by atoms with van der Waals surface area (Å²) in [6.45, 7) is 4.06. The van der Waals surface area contributed by atoms with E-state index in [9.17, 15) is 0 Å². The van der Waals surface area contributed by atoms with E-state index in [4.69, 9.17) is 0 Å². The van der Waals surface area contributed by atoms with Crippen LogP contribution in [0.1, 0.15) is 0 Å². The minimum Gasteiger partial charge on any atom is -0.387 e. The topological polar surface area (TPSA) is 48.8 Å². The van der Waals surface area contributed by atoms with Crippen molar-refractivity contribution >= 4 is 13.1 Å². The van der Waals surface area contributed by atoms with Gasteiger partial charge in [-0.3, -0.25) is 4.99 Å². The number of nitrogens with zero attached hydrogens (tertiary/aromatic N) is 2. The Balaban J connectivity index is 2.75. The second kappa shape index (κ2) is 3.00. The summed E-state index contributed by atoms with van der Waals surface area (Å²) in [4.78, 5) is 7.75. The Morgan fingerprint density at radius 1 is 1.90 bits per heavy atom. The molecule has 0 spiro atoms. The van der Waals surface area contributed by atoms with Gasteiger partial charge in [0.2, 0.25) is 0 Å². The summed E-state index contributed by atoms with van der Waals surface area (Å²) < 4.78 is 0. The second-order valence-corrected chi connectivity index (χ2v) is 1.85. The predicted octanol–water partition coefficient (Wildman–Crippen LogP) is -0.293. The van der Waals surface area contributed by atoms with Crippen LogP contribution in [0.2, 0.25) is 0 Å². The van der Waals surface area contributed by atoms with E-state index in [-0.39, 0.29) is 0 Å². The van der Waals surface area contributed by atoms with Gasteiger partial charge in [0, 0.05) is 7.05 Å². The molecule has 4 heteroatoms. The van der Waals surface area contributed by atoms with Gasteiger partial charge in [-0.2, -0.15) is 0 Å². The number of hydrogen-bond donors (Lipinski definition) is 2. The summed E-state index contributed by atoms with van der Waals surface area (Å²) in [6.07, 6.45) is 1.62. The molecular formula is C6H10N4. The largest absolute Gasteiger partial charge is 0.387 e. The van der Waals surface area contributed by atoms with E-state index in [1.54, 1.807) is 6.34 Å². The van der Waals surface area contributed by atoms with Gasteiger partial charge in [0.05, 0.1) is 18.6 Å². The molecule has 0 aromatic rings. The van der Waals surface area contributed by atoms with Crippen LogP contribution in [0.4, 0.5) is 0 Å². The molecule has 54 valence electrons. The van der Waals surface area contributed by atoms with Crippen molar-refractivity contribution in [3.8, 4) is 0 Å². The Hall–Kier alpha value is -1.32. The molecule has 0 bridgehead atoms. The van der Waals surface area contributed by atoms with Crippen molar-refractivity contribution in [2.45, 2.75) is 0 Å². The van der Waals surface area contributed by atoms with Gasteiger partial charge in [-0.25, -0.2) is 4.99 Å². The highest BCUT2D eigenvalue weighted by molar-refractivity contribution is 5.60. The molecule has 0 fully saturated rings. The molecule has 0 aromatic heterocycles. The lowest BCUT2D eigenvalue weighted by molar-refractivity contribution is 0.844. The summed E-state index contributed by atoms with van der Waals surface area (Å²) in [5.74, 6) is 0.762. The van der Waals surface area contributed by atoms with E-state index >= 15 is 0 Å². The van der Waals surface area contributed by atoms with Gasteiger partial charge in [-0.1, -0.05) is 0 Å². The number of nitrogens with one attached hydrogen (secondary N) is 2. The summed E-state index contributed by atoms with van der Waals surface area (Å²) in [5.41, 5.74) is 0.970. The fraction of sp³-hybridized carbons (Fsp3) is 0.333. The van der Waals surface area contributed by atoms with E-state index in [0.717, 1.165) is 11.5 Å². The molecule has 1 aliphatic rings. The molecule has 1 rings (SSSR count). The van der Waals surface area contributed by atoms with Gasteiger partial charge in [-0.05, 0) is 6.72 Å². The van der Waals surface area contributed by atoms with Gasteiger partial charge in [0.1, 0.15) is 0 Å². The van der Waals surface area contributed by atoms with Gasteiger partial charge < -0.3 is 10.6 Å². The zero-order chi connectivity index (χ0) is 7.40. The van der Waals surface area contributed by atoms with Crippen LogP contribution in [0.3, 0.4) is 0 Å². The molecule has 0 amide bonds. The van der Waals surface area contributed by atoms with Crippen LogP contribution in [0, 0.1) is 0 Å². The SMILES string of the molecule is C=NC1=C(NC)CN=CN1. The normalized spacial score (nSPS) is 16.5. The van der Waals surface area contributed by atoms with Crippen molar-refractivity contribution in [1.29, 1.82) is 0 Å². The summed E-state index contributed by atoms with van der Waals surface area (Å²) >= 11 is 0. The maximum atomic E-state index is 3.98. The van der Waals surface area contributed by atoms with Crippen molar-refractivity contribution in [1.82, 2.24) is 10.6 Å². The maximum absolute atomic E-state index is 3.98. The molecule has 10 heavy (non-hydrogen) atoms. The summed E-state index contributed by atoms with van der Waals surface area (Å²) in [7, 11) is 1.84. The van der Waals surface area contributed by atoms with E-state index in [2.05, 4.69) is 27.3 Å². The predicted molar refractivity (Wildman–Crippen MR) is 42.1 cm³/mol. The third-order valence-corrected chi connectivity index (χ3v) is 1.29. The van der Waals surface area contributed by atoms with E-state index < -0.39 is 0 Å². The fourth-order valence-corrected chi connectivity index (χ4v) is 0.744. The minimum absolute atomic E-state index is 0.651. The first-order chi connectivity index (χ1) is 4.88. The number of likely N-dealkylation sites (N-methyl/N-ethyl adjacent to an activating group) is 1. The lowest BCUT2D eigenvalue weighted by Crippen LogP contribution is -2.24. The van der Waals surface area contributed by atoms with Crippen molar-refractivity contribution in [2.24, 2.45) is 9.98 Å². The van der Waals surface area contributed by atoms with Gasteiger partial charge >= 0.3 is 0 Å². The zero-order valence-electron chi connectivity index (χ0n) is 5.89. The van der Waals surface area contributed by atoms with Crippen molar-refractivity contribution < 1.29 is 0 Å². The Bertz CT molecular complexity index is 192. The third kappa shape index (κ3) is 1.15. The number of rotatable bonds is 2. The average Bonchev–Trinajstić information content (AvgIpc) is 2.04. The van der Waals surface area contributed by atoms with E-state index in [1.807, 2.05) is 7.05 Å². The van der Waals surface area contributed by atoms with Gasteiger partial charge in [0.15, 0.2) is 5.82 Å². The van der Waals surface area contributed by atoms with Crippen LogP contribution < -0.4 is 10.6 Å². The van der Waals surface area contributed by atoms with E-state index in [0.29, 0.717) is 6.54 Å². The Morgan fingerprint density at radius 2 is 2.70 bits per heavy atom. The molecule has 1 heterocycles. The van der Waals surface area contributed by atoms with Crippen LogP contribution in [-0.2, 0) is 0 Å². The third-order valence-electron chi connectivity index (χ3n) is 1.29. The molecule has 0 radical (unpaired) electrons. The highest BCUT2D eigenvalue weighted by Crippen LogP contribution is 2.01. The van der Waals surface area contributed by atoms with Crippen molar-refractivity contribution in [3.63, 3.8) is 0 Å². The molecular weight excluding hydrogens is 128 g/mol. The van der Waals surface area contributed by atoms with Crippen molar-refractivity contribution in [2.75, 3.05) is 13.6 Å². The first-order valence-electron chi connectivity index (χ1n) is 3.01. The fourth-order valence-electron chi connectivity index (χ4n) is 0.744. The Morgan fingerprint density at radius 3 is 3.20 bits per heavy atom. The van der Waals surface area contributed by atoms with Gasteiger partial charge in [-0.15, -0.1) is 0 Å². The lowest BCUT2D eigenvalue weighted by atomic mass is 10.4. The zero-order valence-corrected chi connectivity index (χ0v) is 5.89. The quantitative estimate of drug-likeness (QED) is 0.515. The monoisotopic (exact) mass is 138 g/mol. The molecule has 4 nitrogen and oxygen atoms in total. The molecule has 0 atom stereocenters. The summed E-state index contributed by atoms with van der Waals surface area (Å²) in [6, 6.07) is 0. The highest BCUT2D eigenvalue weighted by Gasteiger charge is 2.03. The molecule has 2 N–H and O–H groups in total. The van der Waals surface area contributed by atoms with Crippen LogP contribution in [0.25, 0.3) is 0 Å². The molecule has 1 aliphatic heterocycles. The lowest BCUT2D eigenvalue weighted by Gasteiger charge is -2.12. The number of hydrogen-bond acceptors (Lipinski definition) is 4. The minimum atomic E-state index is 0.651. The molecule has 0 aromatic carbocycles. The first kappa shape index (κ1) is 6.80. The highest BCUT2D eigenvalue weighted by atomic mass is 15.1. The van der Waals surface area contributed by atoms with Gasteiger partial charge in [0.25, 0.3) is 0 Å². The van der Waals surface area contributed by atoms with Crippen LogP contribution in [0.15, 0.2) is 21.5 Å². The number of aliphatic imine (C=N–C) groups is 2. The Kier molecular flexibility index (Phi) is 2.04. The smallest absolute Gasteiger partial charge is 0.151 e. The van der Waals surface area contributed by atoms with Crippen molar-refractivity contribution in [3.05, 3.63) is 11.5 Å². The molecule has 0 unspecified atom stereocenters. The van der Waals surface area contributed by atoms with Crippen LogP contribution in [-0.4, -0.2) is 26.6 Å². The first-order valence-corrected chi connectivity index (χ1v) is 3.01. The van der Waals surface area contributed by atoms with Crippen LogP contribution in [0.5, 0.6) is 0 Å². The van der Waals surface area contributed by atoms with E-state index in [1.165, 1.54) is 0 Å². The standard InChI is InChI=1S/C6H10N4/c1-7-5-3-9-4-10-6(5)8-2/h4,7H,2-3H2,1H3,(H,9,10). The molecule has 0 aliphatic carbocycles. The second-order valence-electron chi connectivity index (χ2n) is 1.85. The van der Waals surface area contributed by atoms with Crippen LogP contribution >= 0.6 is 0 Å². The summed E-state index contributed by atoms with van der Waals surface area (Å²) in [5, 5.41) is 5.84. The molecule has 0 saturated carbocycles. The molecule has 0 saturated heterocycles. The maximum Gasteiger partial charge on any atom is 0.151 e. The Labute approximate surface area is 59.8 Å². The average molecular weight is 138 g/mol.